The number of benzene rings is 2. The third-order valence-corrected chi connectivity index (χ3v) is 6.67. The quantitative estimate of drug-likeness (QED) is 0.548. The molecule has 0 bridgehead atoms. The van der Waals surface area contributed by atoms with Gasteiger partial charge in [0.15, 0.2) is 0 Å². The summed E-state index contributed by atoms with van der Waals surface area (Å²) in [5.74, 6) is 0.421. The Morgan fingerprint density at radius 2 is 1.69 bits per heavy atom. The van der Waals surface area contributed by atoms with E-state index in [9.17, 15) is 14.0 Å². The van der Waals surface area contributed by atoms with E-state index in [0.29, 0.717) is 26.2 Å². The van der Waals surface area contributed by atoms with Gasteiger partial charge in [-0.3, -0.25) is 9.59 Å². The third kappa shape index (κ3) is 5.79. The first-order chi connectivity index (χ1) is 17.5. The molecule has 2 saturated heterocycles. The number of anilines is 2. The summed E-state index contributed by atoms with van der Waals surface area (Å²) in [5, 5.41) is 10.6. The molecule has 3 aromatic rings. The van der Waals surface area contributed by atoms with Gasteiger partial charge in [0.25, 0.3) is 0 Å². The second kappa shape index (κ2) is 10.7. The lowest BCUT2D eigenvalue weighted by Crippen LogP contribution is -2.52. The van der Waals surface area contributed by atoms with Crippen LogP contribution < -0.4 is 15.0 Å². The van der Waals surface area contributed by atoms with E-state index >= 15 is 0 Å². The minimum Gasteiger partial charge on any atom is -0.490 e. The first-order valence-corrected chi connectivity index (χ1v) is 12.1. The molecule has 0 spiro atoms. The number of hydrogen-bond acceptors (Lipinski definition) is 6. The average molecular weight is 490 g/mol. The molecule has 0 atom stereocenters. The minimum atomic E-state index is -0.302. The van der Waals surface area contributed by atoms with Crippen LogP contribution in [0.3, 0.4) is 0 Å². The van der Waals surface area contributed by atoms with E-state index in [1.54, 1.807) is 24.5 Å². The molecule has 0 radical (unpaired) electrons. The van der Waals surface area contributed by atoms with Gasteiger partial charge in [0.05, 0.1) is 30.4 Å². The number of carbonyl (C=O) groups excluding carboxylic acids is 2. The van der Waals surface area contributed by atoms with Crippen LogP contribution in [0.2, 0.25) is 0 Å². The largest absolute Gasteiger partial charge is 0.490 e. The first-order valence-electron chi connectivity index (χ1n) is 12.1. The topological polar surface area (TPSA) is 87.7 Å². The number of nitrogens with one attached hydrogen (secondary N) is 1. The molecular formula is C27H28FN5O3. The number of piperidine rings is 1. The lowest BCUT2D eigenvalue weighted by molar-refractivity contribution is -0.132. The minimum absolute atomic E-state index is 0.000361. The summed E-state index contributed by atoms with van der Waals surface area (Å²) >= 11 is 0. The molecule has 2 amide bonds. The van der Waals surface area contributed by atoms with E-state index < -0.39 is 0 Å². The van der Waals surface area contributed by atoms with Crippen LogP contribution in [0.25, 0.3) is 0 Å². The molecule has 2 aliphatic heterocycles. The number of carbonyl (C=O) groups is 2. The van der Waals surface area contributed by atoms with Crippen LogP contribution in [0, 0.1) is 11.7 Å². The maximum Gasteiger partial charge on any atom is 0.231 e. The van der Waals surface area contributed by atoms with Crippen LogP contribution >= 0.6 is 0 Å². The lowest BCUT2D eigenvalue weighted by Gasteiger charge is -2.39. The monoisotopic (exact) mass is 489 g/mol. The molecule has 2 aromatic carbocycles. The Kier molecular flexibility index (Phi) is 7.06. The van der Waals surface area contributed by atoms with Gasteiger partial charge in [0.1, 0.15) is 17.7 Å². The van der Waals surface area contributed by atoms with Gasteiger partial charge < -0.3 is 19.9 Å². The normalized spacial score (nSPS) is 16.4. The number of ether oxygens (including phenoxy) is 1. The molecular weight excluding hydrogens is 461 g/mol. The summed E-state index contributed by atoms with van der Waals surface area (Å²) in [6.07, 6.45) is 5.15. The van der Waals surface area contributed by atoms with Crippen LogP contribution in [0.1, 0.15) is 18.4 Å². The summed E-state index contributed by atoms with van der Waals surface area (Å²) in [6, 6.07) is 15.3. The van der Waals surface area contributed by atoms with Crippen LogP contribution in [0.15, 0.2) is 67.0 Å². The van der Waals surface area contributed by atoms with Crippen molar-refractivity contribution in [3.8, 4) is 5.75 Å². The Morgan fingerprint density at radius 1 is 0.972 bits per heavy atom. The molecule has 36 heavy (non-hydrogen) atoms. The van der Waals surface area contributed by atoms with Gasteiger partial charge in [-0.25, -0.2) is 4.39 Å². The van der Waals surface area contributed by atoms with E-state index in [4.69, 9.17) is 4.74 Å². The molecule has 186 valence electrons. The lowest BCUT2D eigenvalue weighted by atomic mass is 9.98. The Bertz CT molecular complexity index is 1180. The zero-order valence-corrected chi connectivity index (χ0v) is 19.8. The predicted octanol–water partition coefficient (Wildman–Crippen LogP) is 3.30. The van der Waals surface area contributed by atoms with Gasteiger partial charge in [-0.1, -0.05) is 12.1 Å². The van der Waals surface area contributed by atoms with Crippen molar-refractivity contribution in [2.45, 2.75) is 25.4 Å². The maximum absolute atomic E-state index is 13.1. The molecule has 2 aliphatic rings. The number of aromatic nitrogens is 2. The number of rotatable bonds is 7. The van der Waals surface area contributed by atoms with Gasteiger partial charge in [-0.05, 0) is 48.0 Å². The molecule has 5 rings (SSSR count). The molecule has 0 aliphatic carbocycles. The van der Waals surface area contributed by atoms with Gasteiger partial charge >= 0.3 is 0 Å². The van der Waals surface area contributed by atoms with E-state index in [1.807, 2.05) is 35.2 Å². The average Bonchev–Trinajstić information content (AvgIpc) is 2.87. The fourth-order valence-corrected chi connectivity index (χ4v) is 4.49. The van der Waals surface area contributed by atoms with Crippen molar-refractivity contribution in [2.75, 3.05) is 36.4 Å². The zero-order chi connectivity index (χ0) is 24.9. The van der Waals surface area contributed by atoms with Crippen molar-refractivity contribution in [1.29, 1.82) is 0 Å². The number of nitrogens with zero attached hydrogens (tertiary/aromatic N) is 4. The van der Waals surface area contributed by atoms with E-state index in [0.717, 1.165) is 35.5 Å². The van der Waals surface area contributed by atoms with Gasteiger partial charge in [-0.15, -0.1) is 0 Å². The molecule has 1 aromatic heterocycles. The van der Waals surface area contributed by atoms with Crippen LogP contribution in [-0.2, 0) is 16.0 Å². The Morgan fingerprint density at radius 3 is 2.36 bits per heavy atom. The number of halogens is 1. The SMILES string of the molecule is O=C(Nc1ccc(OC2CCN(C(=O)Cc3ccc(F)cc3)CC2)cc1)C1CN(c2ccnnc2)C1. The highest BCUT2D eigenvalue weighted by atomic mass is 19.1. The number of hydrogen-bond donors (Lipinski definition) is 1. The second-order valence-corrected chi connectivity index (χ2v) is 9.22. The smallest absolute Gasteiger partial charge is 0.231 e. The Balaban J connectivity index is 1.04. The number of amides is 2. The maximum atomic E-state index is 13.1. The summed E-state index contributed by atoms with van der Waals surface area (Å²) < 4.78 is 19.2. The second-order valence-electron chi connectivity index (χ2n) is 9.22. The van der Waals surface area contributed by atoms with Gasteiger partial charge in [-0.2, -0.15) is 10.2 Å². The first kappa shape index (κ1) is 23.7. The molecule has 0 unspecified atom stereocenters. The fourth-order valence-electron chi connectivity index (χ4n) is 4.49. The summed E-state index contributed by atoms with van der Waals surface area (Å²) in [4.78, 5) is 29.0. The van der Waals surface area contributed by atoms with Crippen molar-refractivity contribution in [3.63, 3.8) is 0 Å². The van der Waals surface area contributed by atoms with Crippen LogP contribution in [0.4, 0.5) is 15.8 Å². The number of likely N-dealkylation sites (tertiary alicyclic amines) is 1. The van der Waals surface area contributed by atoms with E-state index in [-0.39, 0.29) is 36.1 Å². The van der Waals surface area contributed by atoms with Gasteiger partial charge in [0.2, 0.25) is 11.8 Å². The molecule has 2 fully saturated rings. The zero-order valence-electron chi connectivity index (χ0n) is 19.8. The molecule has 8 nitrogen and oxygen atoms in total. The van der Waals surface area contributed by atoms with Crippen molar-refractivity contribution in [1.82, 2.24) is 15.1 Å². The highest BCUT2D eigenvalue weighted by Crippen LogP contribution is 2.26. The molecule has 3 heterocycles. The van der Waals surface area contributed by atoms with Crippen molar-refractivity contribution < 1.29 is 18.7 Å². The van der Waals surface area contributed by atoms with Crippen LogP contribution in [-0.4, -0.2) is 59.2 Å². The van der Waals surface area contributed by atoms with Crippen molar-refractivity contribution >= 4 is 23.2 Å². The molecule has 9 heteroatoms. The predicted molar refractivity (Wildman–Crippen MR) is 133 cm³/mol. The molecule has 1 N–H and O–H groups in total. The Hall–Kier alpha value is -4.01. The third-order valence-electron chi connectivity index (χ3n) is 6.67. The standard InChI is InChI=1S/C27H28FN5O3/c28-21-3-1-19(2-4-21)15-26(34)32-13-10-25(11-14-32)36-24-7-5-22(6-8-24)31-27(35)20-17-33(18-20)23-9-12-29-30-16-23/h1-9,12,16,20,25H,10-11,13-15,17-18H2,(H,31,35). The molecule has 0 saturated carbocycles. The van der Waals surface area contributed by atoms with Crippen molar-refractivity contribution in [2.24, 2.45) is 5.92 Å². The summed E-state index contributed by atoms with van der Waals surface area (Å²) in [5.41, 5.74) is 2.52. The summed E-state index contributed by atoms with van der Waals surface area (Å²) in [6.45, 7) is 2.58. The Labute approximate surface area is 209 Å². The fraction of sp³-hybridized carbons (Fsp3) is 0.333. The van der Waals surface area contributed by atoms with Gasteiger partial charge in [0, 0.05) is 44.7 Å². The highest BCUT2D eigenvalue weighted by molar-refractivity contribution is 5.94. The van der Waals surface area contributed by atoms with E-state index in [1.165, 1.54) is 12.1 Å². The summed E-state index contributed by atoms with van der Waals surface area (Å²) in [7, 11) is 0. The van der Waals surface area contributed by atoms with E-state index in [2.05, 4.69) is 20.4 Å². The van der Waals surface area contributed by atoms with Crippen LogP contribution in [0.5, 0.6) is 5.75 Å². The highest BCUT2D eigenvalue weighted by Gasteiger charge is 2.33. The van der Waals surface area contributed by atoms with Crippen molar-refractivity contribution in [3.05, 3.63) is 78.4 Å².